The number of aromatic nitrogens is 4. The van der Waals surface area contributed by atoms with Crippen molar-refractivity contribution in [1.29, 1.82) is 0 Å². The summed E-state index contributed by atoms with van der Waals surface area (Å²) in [6.45, 7) is 0.708. The average molecular weight is 313 g/mol. The van der Waals surface area contributed by atoms with Gasteiger partial charge in [0.15, 0.2) is 0 Å². The van der Waals surface area contributed by atoms with Crippen LogP contribution in [0.3, 0.4) is 0 Å². The third-order valence-electron chi connectivity index (χ3n) is 3.38. The van der Waals surface area contributed by atoms with E-state index in [4.69, 9.17) is 4.74 Å². The summed E-state index contributed by atoms with van der Waals surface area (Å²) < 4.78 is 6.30. The highest BCUT2D eigenvalue weighted by Crippen LogP contribution is 2.09. The van der Waals surface area contributed by atoms with Crippen LogP contribution in [0.15, 0.2) is 46.2 Å². The third kappa shape index (κ3) is 3.05. The third-order valence-corrected chi connectivity index (χ3v) is 3.38. The zero-order valence-electron chi connectivity index (χ0n) is 12.4. The normalized spacial score (nSPS) is 10.7. The summed E-state index contributed by atoms with van der Waals surface area (Å²) in [6, 6.07) is 8.38. The maximum atomic E-state index is 12.3. The number of hydrogen-bond acceptors (Lipinski definition) is 6. The molecule has 0 aliphatic carbocycles. The highest BCUT2D eigenvalue weighted by atomic mass is 16.5. The zero-order valence-corrected chi connectivity index (χ0v) is 12.4. The molecule has 3 rings (SSSR count). The van der Waals surface area contributed by atoms with Crippen LogP contribution < -0.4 is 21.2 Å². The predicted octanol–water partition coefficient (Wildman–Crippen LogP) is 0.600. The van der Waals surface area contributed by atoms with Gasteiger partial charge in [0.25, 0.3) is 11.1 Å². The number of nitrogens with one attached hydrogen (secondary N) is 2. The van der Waals surface area contributed by atoms with E-state index in [0.717, 1.165) is 0 Å². The number of anilines is 1. The lowest BCUT2D eigenvalue weighted by Gasteiger charge is -2.09. The topological polar surface area (TPSA) is 102 Å². The second-order valence-corrected chi connectivity index (χ2v) is 4.82. The first-order chi connectivity index (χ1) is 11.2. The number of rotatable bonds is 5. The molecule has 118 valence electrons. The van der Waals surface area contributed by atoms with Gasteiger partial charge >= 0.3 is 0 Å². The van der Waals surface area contributed by atoms with Gasteiger partial charge in [0.1, 0.15) is 12.1 Å². The number of methoxy groups -OCH3 is 1. The molecule has 0 bridgehead atoms. The Morgan fingerprint density at radius 1 is 1.22 bits per heavy atom. The van der Waals surface area contributed by atoms with E-state index in [2.05, 4.69) is 20.4 Å². The molecule has 3 aromatic rings. The molecule has 0 saturated heterocycles. The van der Waals surface area contributed by atoms with Crippen LogP contribution in [-0.2, 0) is 6.54 Å². The Bertz CT molecular complexity index is 947. The van der Waals surface area contributed by atoms with Crippen molar-refractivity contribution in [3.8, 4) is 5.88 Å². The quantitative estimate of drug-likeness (QED) is 0.715. The molecule has 0 aliphatic heterocycles. The molecule has 0 radical (unpaired) electrons. The van der Waals surface area contributed by atoms with Crippen molar-refractivity contribution in [3.63, 3.8) is 0 Å². The Morgan fingerprint density at radius 3 is 2.78 bits per heavy atom. The van der Waals surface area contributed by atoms with E-state index in [9.17, 15) is 9.59 Å². The van der Waals surface area contributed by atoms with Crippen molar-refractivity contribution in [3.05, 3.63) is 57.4 Å². The van der Waals surface area contributed by atoms with Crippen molar-refractivity contribution in [2.75, 3.05) is 19.0 Å². The van der Waals surface area contributed by atoms with Crippen molar-refractivity contribution >= 4 is 16.6 Å². The fraction of sp³-hybridized carbons (Fsp3) is 0.200. The second kappa shape index (κ2) is 6.30. The Balaban J connectivity index is 1.78. The van der Waals surface area contributed by atoms with E-state index in [0.29, 0.717) is 35.6 Å². The second-order valence-electron chi connectivity index (χ2n) is 4.82. The van der Waals surface area contributed by atoms with Gasteiger partial charge in [-0.1, -0.05) is 12.1 Å². The van der Waals surface area contributed by atoms with Gasteiger partial charge in [0.2, 0.25) is 5.88 Å². The van der Waals surface area contributed by atoms with Crippen molar-refractivity contribution in [2.24, 2.45) is 0 Å². The molecule has 2 heterocycles. The predicted molar refractivity (Wildman–Crippen MR) is 85.9 cm³/mol. The van der Waals surface area contributed by atoms with E-state index in [1.54, 1.807) is 30.3 Å². The SMILES string of the molecule is COc1cc(NCCn2[nH]c(=O)c3ccccc3c2=O)ncn1. The molecule has 0 atom stereocenters. The molecule has 0 unspecified atom stereocenters. The molecule has 23 heavy (non-hydrogen) atoms. The molecule has 0 spiro atoms. The monoisotopic (exact) mass is 313 g/mol. The van der Waals surface area contributed by atoms with Gasteiger partial charge in [-0.3, -0.25) is 14.7 Å². The first-order valence-corrected chi connectivity index (χ1v) is 7.01. The van der Waals surface area contributed by atoms with Crippen LogP contribution >= 0.6 is 0 Å². The highest BCUT2D eigenvalue weighted by Gasteiger charge is 2.06. The Morgan fingerprint density at radius 2 is 2.00 bits per heavy atom. The first-order valence-electron chi connectivity index (χ1n) is 7.01. The first kappa shape index (κ1) is 14.8. The molecule has 2 aromatic heterocycles. The lowest BCUT2D eigenvalue weighted by Crippen LogP contribution is -2.31. The van der Waals surface area contributed by atoms with Crippen LogP contribution in [-0.4, -0.2) is 33.4 Å². The summed E-state index contributed by atoms with van der Waals surface area (Å²) in [7, 11) is 1.52. The summed E-state index contributed by atoms with van der Waals surface area (Å²) in [5.74, 6) is 1.02. The summed E-state index contributed by atoms with van der Waals surface area (Å²) in [5, 5.41) is 6.42. The number of hydrogen-bond donors (Lipinski definition) is 2. The molecule has 1 aromatic carbocycles. The van der Waals surface area contributed by atoms with Crippen molar-refractivity contribution < 1.29 is 4.74 Å². The Kier molecular flexibility index (Phi) is 4.05. The molecular formula is C15H15N5O3. The van der Waals surface area contributed by atoms with Crippen LogP contribution in [0, 0.1) is 0 Å². The summed E-state index contributed by atoms with van der Waals surface area (Å²) >= 11 is 0. The van der Waals surface area contributed by atoms with Gasteiger partial charge in [-0.2, -0.15) is 0 Å². The number of nitrogens with zero attached hydrogens (tertiary/aromatic N) is 3. The summed E-state index contributed by atoms with van der Waals surface area (Å²) in [4.78, 5) is 32.3. The van der Waals surface area contributed by atoms with Crippen LogP contribution in [0.2, 0.25) is 0 Å². The molecule has 8 nitrogen and oxygen atoms in total. The molecule has 0 saturated carbocycles. The highest BCUT2D eigenvalue weighted by molar-refractivity contribution is 5.80. The molecule has 0 fully saturated rings. The van der Waals surface area contributed by atoms with Gasteiger partial charge < -0.3 is 10.1 Å². The van der Waals surface area contributed by atoms with E-state index in [-0.39, 0.29) is 11.1 Å². The molecular weight excluding hydrogens is 298 g/mol. The van der Waals surface area contributed by atoms with Gasteiger partial charge in [-0.05, 0) is 12.1 Å². The van der Waals surface area contributed by atoms with Crippen LogP contribution in [0.1, 0.15) is 0 Å². The van der Waals surface area contributed by atoms with Gasteiger partial charge in [0, 0.05) is 12.6 Å². The van der Waals surface area contributed by atoms with Crippen LogP contribution in [0.4, 0.5) is 5.82 Å². The maximum absolute atomic E-state index is 12.3. The largest absolute Gasteiger partial charge is 0.481 e. The van der Waals surface area contributed by atoms with Gasteiger partial charge in [-0.15, -0.1) is 0 Å². The number of benzene rings is 1. The molecule has 8 heteroatoms. The fourth-order valence-corrected chi connectivity index (χ4v) is 2.25. The van der Waals surface area contributed by atoms with E-state index in [1.807, 2.05) is 0 Å². The van der Waals surface area contributed by atoms with E-state index < -0.39 is 0 Å². The number of aromatic amines is 1. The minimum absolute atomic E-state index is 0.234. The smallest absolute Gasteiger partial charge is 0.273 e. The van der Waals surface area contributed by atoms with Gasteiger partial charge in [0.05, 0.1) is 24.4 Å². The van der Waals surface area contributed by atoms with Crippen LogP contribution in [0.5, 0.6) is 5.88 Å². The van der Waals surface area contributed by atoms with Gasteiger partial charge in [-0.25, -0.2) is 14.6 Å². The molecule has 0 amide bonds. The average Bonchev–Trinajstić information content (AvgIpc) is 2.59. The lowest BCUT2D eigenvalue weighted by molar-refractivity contribution is 0.397. The molecule has 0 aliphatic rings. The fourth-order valence-electron chi connectivity index (χ4n) is 2.25. The van der Waals surface area contributed by atoms with E-state index in [1.165, 1.54) is 18.1 Å². The van der Waals surface area contributed by atoms with Crippen LogP contribution in [0.25, 0.3) is 10.8 Å². The molecule has 2 N–H and O–H groups in total. The van der Waals surface area contributed by atoms with Crippen molar-refractivity contribution in [2.45, 2.75) is 6.54 Å². The maximum Gasteiger partial charge on any atom is 0.273 e. The summed E-state index contributed by atoms with van der Waals surface area (Å²) in [6.07, 6.45) is 1.38. The Hall–Kier alpha value is -3.16. The number of H-pyrrole nitrogens is 1. The number of fused-ring (bicyclic) bond motifs is 1. The lowest BCUT2D eigenvalue weighted by atomic mass is 10.2. The standard InChI is InChI=1S/C15H15N5O3/c1-23-13-8-12(17-9-18-13)16-6-7-20-15(22)11-5-3-2-4-10(11)14(21)19-20/h2-5,8-9H,6-7H2,1H3,(H,19,21)(H,16,17,18). The minimum Gasteiger partial charge on any atom is -0.481 e. The van der Waals surface area contributed by atoms with E-state index >= 15 is 0 Å². The number of ether oxygens (including phenoxy) is 1. The summed E-state index contributed by atoms with van der Waals surface area (Å²) in [5.41, 5.74) is -0.522. The Labute approximate surface area is 130 Å². The minimum atomic E-state index is -0.288. The zero-order chi connectivity index (χ0) is 16.2. The van der Waals surface area contributed by atoms with Crippen molar-refractivity contribution in [1.82, 2.24) is 19.7 Å².